The first kappa shape index (κ1) is 20.5. The van der Waals surface area contributed by atoms with E-state index < -0.39 is 22.0 Å². The van der Waals surface area contributed by atoms with Crippen molar-refractivity contribution < 1.29 is 27.4 Å². The van der Waals surface area contributed by atoms with Gasteiger partial charge in [0.15, 0.2) is 11.5 Å². The first-order chi connectivity index (χ1) is 12.8. The Morgan fingerprint density at radius 1 is 0.963 bits per heavy atom. The number of nitrogens with one attached hydrogen (secondary N) is 2. The number of amides is 1. The maximum Gasteiger partial charge on any atom is 0.242 e. The van der Waals surface area contributed by atoms with Crippen molar-refractivity contribution in [3.63, 3.8) is 0 Å². The van der Waals surface area contributed by atoms with Gasteiger partial charge in [-0.15, -0.1) is 0 Å². The van der Waals surface area contributed by atoms with E-state index in [-0.39, 0.29) is 10.6 Å². The maximum atomic E-state index is 12.6. The van der Waals surface area contributed by atoms with E-state index in [2.05, 4.69) is 10.0 Å². The van der Waals surface area contributed by atoms with Crippen molar-refractivity contribution >= 4 is 21.6 Å². The Morgan fingerprint density at radius 3 is 2.30 bits per heavy atom. The van der Waals surface area contributed by atoms with Gasteiger partial charge in [-0.1, -0.05) is 6.07 Å². The van der Waals surface area contributed by atoms with E-state index >= 15 is 0 Å². The molecule has 146 valence electrons. The van der Waals surface area contributed by atoms with Crippen molar-refractivity contribution in [2.45, 2.75) is 17.9 Å². The predicted molar refractivity (Wildman–Crippen MR) is 101 cm³/mol. The van der Waals surface area contributed by atoms with Crippen molar-refractivity contribution in [1.82, 2.24) is 4.72 Å². The summed E-state index contributed by atoms with van der Waals surface area (Å²) in [5, 5.41) is 2.64. The largest absolute Gasteiger partial charge is 0.497 e. The van der Waals surface area contributed by atoms with Crippen LogP contribution >= 0.6 is 0 Å². The van der Waals surface area contributed by atoms with Crippen LogP contribution in [-0.2, 0) is 14.8 Å². The van der Waals surface area contributed by atoms with Gasteiger partial charge in [-0.2, -0.15) is 4.72 Å². The van der Waals surface area contributed by atoms with Crippen LogP contribution in [0.3, 0.4) is 0 Å². The van der Waals surface area contributed by atoms with Crippen LogP contribution in [0.2, 0.25) is 0 Å². The van der Waals surface area contributed by atoms with Crippen molar-refractivity contribution in [3.05, 3.63) is 42.5 Å². The normalized spacial score (nSPS) is 12.1. The minimum absolute atomic E-state index is 0.0406. The average molecular weight is 394 g/mol. The summed E-state index contributed by atoms with van der Waals surface area (Å²) in [7, 11) is 0.439. The van der Waals surface area contributed by atoms with Gasteiger partial charge in [-0.25, -0.2) is 8.42 Å². The molecule has 0 saturated carbocycles. The van der Waals surface area contributed by atoms with Gasteiger partial charge < -0.3 is 19.5 Å². The Balaban J connectivity index is 2.13. The fourth-order valence-corrected chi connectivity index (χ4v) is 3.51. The summed E-state index contributed by atoms with van der Waals surface area (Å²) >= 11 is 0. The molecule has 8 nitrogen and oxygen atoms in total. The Hall–Kier alpha value is -2.78. The van der Waals surface area contributed by atoms with Crippen molar-refractivity contribution in [1.29, 1.82) is 0 Å². The third kappa shape index (κ3) is 5.11. The van der Waals surface area contributed by atoms with E-state index in [0.29, 0.717) is 17.2 Å². The van der Waals surface area contributed by atoms with Crippen LogP contribution in [0.25, 0.3) is 0 Å². The molecule has 2 aromatic carbocycles. The van der Waals surface area contributed by atoms with E-state index in [9.17, 15) is 13.2 Å². The highest BCUT2D eigenvalue weighted by Crippen LogP contribution is 2.29. The van der Waals surface area contributed by atoms with Crippen LogP contribution in [0.15, 0.2) is 47.4 Å². The first-order valence-corrected chi connectivity index (χ1v) is 9.48. The second-order valence-electron chi connectivity index (χ2n) is 5.58. The summed E-state index contributed by atoms with van der Waals surface area (Å²) in [6.45, 7) is 1.45. The van der Waals surface area contributed by atoms with Gasteiger partial charge in [-0.3, -0.25) is 4.79 Å². The molecule has 0 bridgehead atoms. The summed E-state index contributed by atoms with van der Waals surface area (Å²) in [5.41, 5.74) is 0.497. The lowest BCUT2D eigenvalue weighted by Gasteiger charge is -2.16. The molecule has 0 aromatic heterocycles. The van der Waals surface area contributed by atoms with Crippen molar-refractivity contribution in [3.8, 4) is 17.2 Å². The Labute approximate surface area is 158 Å². The second kappa shape index (κ2) is 8.74. The number of hydrogen-bond donors (Lipinski definition) is 2. The third-order valence-corrected chi connectivity index (χ3v) is 5.27. The topological polar surface area (TPSA) is 103 Å². The lowest BCUT2D eigenvalue weighted by atomic mass is 10.2. The Morgan fingerprint density at radius 2 is 1.67 bits per heavy atom. The molecule has 0 aliphatic carbocycles. The molecule has 2 rings (SSSR count). The minimum Gasteiger partial charge on any atom is -0.497 e. The van der Waals surface area contributed by atoms with E-state index in [1.807, 2.05) is 0 Å². The zero-order valence-corrected chi connectivity index (χ0v) is 16.3. The Kier molecular flexibility index (Phi) is 6.65. The van der Waals surface area contributed by atoms with Gasteiger partial charge in [0.2, 0.25) is 15.9 Å². The number of carbonyl (C=O) groups excluding carboxylic acids is 1. The molecule has 0 radical (unpaired) electrons. The van der Waals surface area contributed by atoms with Crippen LogP contribution in [0, 0.1) is 0 Å². The minimum atomic E-state index is -3.94. The molecule has 0 fully saturated rings. The van der Waals surface area contributed by atoms with Crippen LogP contribution < -0.4 is 24.2 Å². The number of benzene rings is 2. The second-order valence-corrected chi connectivity index (χ2v) is 7.29. The SMILES string of the molecule is COc1cccc(NC(=O)[C@H](C)NS(=O)(=O)c2ccc(OC)c(OC)c2)c1. The molecule has 0 saturated heterocycles. The summed E-state index contributed by atoms with van der Waals surface area (Å²) < 4.78 is 42.8. The zero-order valence-electron chi connectivity index (χ0n) is 15.5. The van der Waals surface area contributed by atoms with Gasteiger partial charge >= 0.3 is 0 Å². The number of anilines is 1. The van der Waals surface area contributed by atoms with Gasteiger partial charge in [0.05, 0.1) is 32.3 Å². The molecule has 1 amide bonds. The number of hydrogen-bond acceptors (Lipinski definition) is 6. The highest BCUT2D eigenvalue weighted by atomic mass is 32.2. The lowest BCUT2D eigenvalue weighted by Crippen LogP contribution is -2.41. The number of sulfonamides is 1. The highest BCUT2D eigenvalue weighted by molar-refractivity contribution is 7.89. The van der Waals surface area contributed by atoms with E-state index in [0.717, 1.165) is 0 Å². The van der Waals surface area contributed by atoms with Crippen LogP contribution in [-0.4, -0.2) is 41.7 Å². The van der Waals surface area contributed by atoms with Crippen LogP contribution in [0.1, 0.15) is 6.92 Å². The first-order valence-electron chi connectivity index (χ1n) is 8.00. The maximum absolute atomic E-state index is 12.6. The molecule has 0 spiro atoms. The molecule has 2 aromatic rings. The number of methoxy groups -OCH3 is 3. The molecule has 2 N–H and O–H groups in total. The Bertz CT molecular complexity index is 914. The molecule has 1 atom stereocenters. The highest BCUT2D eigenvalue weighted by Gasteiger charge is 2.23. The quantitative estimate of drug-likeness (QED) is 0.710. The molecule has 27 heavy (non-hydrogen) atoms. The summed E-state index contributed by atoms with van der Waals surface area (Å²) in [6, 6.07) is 9.93. The third-order valence-electron chi connectivity index (χ3n) is 3.73. The van der Waals surface area contributed by atoms with E-state index in [1.165, 1.54) is 46.5 Å². The molecular formula is C18H22N2O6S. The predicted octanol–water partition coefficient (Wildman–Crippen LogP) is 2.02. The van der Waals surface area contributed by atoms with Gasteiger partial charge in [0, 0.05) is 17.8 Å². The van der Waals surface area contributed by atoms with Crippen molar-refractivity contribution in [2.24, 2.45) is 0 Å². The van der Waals surface area contributed by atoms with E-state index in [4.69, 9.17) is 14.2 Å². The smallest absolute Gasteiger partial charge is 0.242 e. The van der Waals surface area contributed by atoms with Gasteiger partial charge in [-0.05, 0) is 31.2 Å². The summed E-state index contributed by atoms with van der Waals surface area (Å²) in [5.74, 6) is 0.743. The number of rotatable bonds is 8. The molecule has 9 heteroatoms. The lowest BCUT2D eigenvalue weighted by molar-refractivity contribution is -0.117. The number of ether oxygens (including phenoxy) is 3. The summed E-state index contributed by atoms with van der Waals surface area (Å²) in [6.07, 6.45) is 0. The van der Waals surface area contributed by atoms with E-state index in [1.54, 1.807) is 24.3 Å². The molecule has 0 unspecified atom stereocenters. The van der Waals surface area contributed by atoms with Crippen LogP contribution in [0.5, 0.6) is 17.2 Å². The summed E-state index contributed by atoms with van der Waals surface area (Å²) in [4.78, 5) is 12.3. The average Bonchev–Trinajstić information content (AvgIpc) is 2.67. The van der Waals surface area contributed by atoms with Gasteiger partial charge in [0.1, 0.15) is 5.75 Å². The number of carbonyl (C=O) groups is 1. The molecule has 0 heterocycles. The standard InChI is InChI=1S/C18H22N2O6S/c1-12(18(21)19-13-6-5-7-14(10-13)24-2)20-27(22,23)15-8-9-16(25-3)17(11-15)26-4/h5-12,20H,1-4H3,(H,19,21)/t12-/m0/s1. The molecular weight excluding hydrogens is 372 g/mol. The molecule has 0 aliphatic rings. The van der Waals surface area contributed by atoms with Crippen molar-refractivity contribution in [2.75, 3.05) is 26.6 Å². The fraction of sp³-hybridized carbons (Fsp3) is 0.278. The van der Waals surface area contributed by atoms with Crippen LogP contribution in [0.4, 0.5) is 5.69 Å². The zero-order chi connectivity index (χ0) is 20.0. The monoisotopic (exact) mass is 394 g/mol. The fourth-order valence-electron chi connectivity index (χ4n) is 2.29. The molecule has 0 aliphatic heterocycles. The van der Waals surface area contributed by atoms with Gasteiger partial charge in [0.25, 0.3) is 0 Å².